The molecule has 0 saturated carbocycles. The third kappa shape index (κ3) is 42.0. The summed E-state index contributed by atoms with van der Waals surface area (Å²) in [5.41, 5.74) is 0. The maximum Gasteiger partial charge on any atom is 0.303 e. The minimum Gasteiger partial charge on any atom is -0.481 e. The lowest BCUT2D eigenvalue weighted by Crippen LogP contribution is -1.90. The molecule has 0 fully saturated rings. The van der Waals surface area contributed by atoms with Gasteiger partial charge in [-0.25, -0.2) is 0 Å². The van der Waals surface area contributed by atoms with Gasteiger partial charge in [0, 0.05) is 12.8 Å². The van der Waals surface area contributed by atoms with E-state index in [0.29, 0.717) is 12.8 Å². The lowest BCUT2D eigenvalue weighted by molar-refractivity contribution is -0.138. The van der Waals surface area contributed by atoms with Crippen molar-refractivity contribution in [2.75, 3.05) is 0 Å². The van der Waals surface area contributed by atoms with Gasteiger partial charge in [-0.15, -0.1) is 5.79 Å². The second-order valence-electron chi connectivity index (χ2n) is 2.29. The van der Waals surface area contributed by atoms with E-state index in [-0.39, 0.29) is 0 Å². The number of rotatable bonds is 4. The molecule has 0 aromatic rings. The average molecular weight is 218 g/mol. The highest BCUT2D eigenvalue weighted by Crippen LogP contribution is 1.82. The lowest BCUT2D eigenvalue weighted by Gasteiger charge is -1.79. The predicted octanol–water partition coefficient (Wildman–Crippen LogP) is 1.95. The zero-order valence-corrected chi connectivity index (χ0v) is 10.3. The van der Waals surface area contributed by atoms with Gasteiger partial charge in [0.25, 0.3) is 0 Å². The summed E-state index contributed by atoms with van der Waals surface area (Å²) in [6.45, 7) is 3.68. The first-order valence-electron chi connectivity index (χ1n) is 4.55. The van der Waals surface area contributed by atoms with Crippen molar-refractivity contribution in [3.63, 3.8) is 0 Å². The molecule has 0 atom stereocenters. The van der Waals surface area contributed by atoms with Crippen LogP contribution in [0.2, 0.25) is 5.79 Å². The van der Waals surface area contributed by atoms with Crippen molar-refractivity contribution in [1.29, 1.82) is 0 Å². The number of carboxylic acids is 2. The Balaban J connectivity index is -0.000000147. The first-order valence-corrected chi connectivity index (χ1v) is 5.71. The van der Waals surface area contributed by atoms with Crippen molar-refractivity contribution < 1.29 is 19.8 Å². The van der Waals surface area contributed by atoms with Crippen LogP contribution in [0.25, 0.3) is 0 Å². The summed E-state index contributed by atoms with van der Waals surface area (Å²) >= 11 is 2.42. The molecule has 14 heavy (non-hydrogen) atoms. The van der Waals surface area contributed by atoms with E-state index in [2.05, 4.69) is 16.3 Å². The van der Waals surface area contributed by atoms with Crippen LogP contribution in [0.5, 0.6) is 0 Å². The van der Waals surface area contributed by atoms with E-state index >= 15 is 0 Å². The smallest absolute Gasteiger partial charge is 0.303 e. The first-order chi connectivity index (χ1) is 6.54. The van der Waals surface area contributed by atoms with Crippen LogP contribution < -0.4 is 0 Å². The number of hydrogen-bond donors (Lipinski definition) is 2. The molecule has 5 heteroatoms. The Morgan fingerprint density at radius 1 is 0.929 bits per heavy atom. The Bertz CT molecular complexity index is 121. The highest BCUT2D eigenvalue weighted by Gasteiger charge is 1.88. The third-order valence-corrected chi connectivity index (χ3v) is 0.928. The summed E-state index contributed by atoms with van der Waals surface area (Å²) in [6.07, 6.45) is 2.05. The fourth-order valence-corrected chi connectivity index (χ4v) is 0.428. The van der Waals surface area contributed by atoms with E-state index in [1.165, 1.54) is 0 Å². The Morgan fingerprint density at radius 2 is 1.14 bits per heavy atom. The van der Waals surface area contributed by atoms with Crippen molar-refractivity contribution in [2.45, 2.75) is 45.3 Å². The normalized spacial score (nSPS) is 7.36. The van der Waals surface area contributed by atoms with Crippen molar-refractivity contribution in [2.24, 2.45) is 0 Å². The maximum atomic E-state index is 9.60. The van der Waals surface area contributed by atoms with Crippen LogP contribution in [0.1, 0.15) is 39.5 Å². The van der Waals surface area contributed by atoms with E-state index < -0.39 is 11.9 Å². The largest absolute Gasteiger partial charge is 0.481 e. The molecular formula is C9H19AlO4. The van der Waals surface area contributed by atoms with E-state index in [1.54, 1.807) is 0 Å². The van der Waals surface area contributed by atoms with Gasteiger partial charge >= 0.3 is 11.9 Å². The fraction of sp³-hybridized carbons (Fsp3) is 0.778. The van der Waals surface area contributed by atoms with E-state index in [1.807, 2.05) is 19.6 Å². The molecule has 0 aliphatic heterocycles. The Morgan fingerprint density at radius 3 is 1.14 bits per heavy atom. The molecule has 2 N–H and O–H groups in total. The molecule has 0 spiro atoms. The average Bonchev–Trinajstić information content (AvgIpc) is 2.08. The summed E-state index contributed by atoms with van der Waals surface area (Å²) < 4.78 is 0. The molecule has 0 aromatic carbocycles. The molecule has 0 aliphatic rings. The molecule has 0 heterocycles. The summed E-state index contributed by atoms with van der Waals surface area (Å²) in [6, 6.07) is 0. The van der Waals surface area contributed by atoms with E-state index in [4.69, 9.17) is 10.2 Å². The molecule has 4 nitrogen and oxygen atoms in total. The lowest BCUT2D eigenvalue weighted by atomic mass is 10.4. The predicted molar refractivity (Wildman–Crippen MR) is 56.7 cm³/mol. The maximum absolute atomic E-state index is 9.60. The summed E-state index contributed by atoms with van der Waals surface area (Å²) in [7, 11) is 0. The van der Waals surface area contributed by atoms with Gasteiger partial charge in [0.05, 0.1) is 0 Å². The highest BCUT2D eigenvalue weighted by atomic mass is 27.0. The quantitative estimate of drug-likeness (QED) is 0.707. The number of carboxylic acid groups (broad SMARTS) is 2. The molecule has 82 valence electrons. The van der Waals surface area contributed by atoms with Gasteiger partial charge in [-0.05, 0) is 12.8 Å². The summed E-state index contributed by atoms with van der Waals surface area (Å²) in [5, 5.41) is 15.8. The SMILES string of the molecule is CCCC(=O)O.CCCC(=O)O.[CH3][Al]. The van der Waals surface area contributed by atoms with Crippen molar-refractivity contribution >= 4 is 28.2 Å². The van der Waals surface area contributed by atoms with Crippen LogP contribution in [0.4, 0.5) is 0 Å². The highest BCUT2D eigenvalue weighted by molar-refractivity contribution is 6.05. The molecule has 0 saturated heterocycles. The third-order valence-electron chi connectivity index (χ3n) is 0.928. The molecule has 0 aromatic heterocycles. The molecular weight excluding hydrogens is 199 g/mol. The molecule has 0 unspecified atom stereocenters. The van der Waals surface area contributed by atoms with Crippen LogP contribution in [0, 0.1) is 0 Å². The minimum atomic E-state index is -0.711. The Hall–Kier alpha value is -0.528. The molecule has 0 aliphatic carbocycles. The standard InChI is InChI=1S/2C4H8O2.CH3.Al/c2*1-2-3-4(5)6;;/h2*2-3H2,1H3,(H,5,6);1H3;. The van der Waals surface area contributed by atoms with Gasteiger partial charge in [-0.1, -0.05) is 13.8 Å². The van der Waals surface area contributed by atoms with Crippen LogP contribution in [-0.4, -0.2) is 38.4 Å². The molecule has 2 radical (unpaired) electrons. The van der Waals surface area contributed by atoms with E-state index in [9.17, 15) is 9.59 Å². The second-order valence-corrected chi connectivity index (χ2v) is 2.29. The van der Waals surface area contributed by atoms with Crippen LogP contribution in [0.15, 0.2) is 0 Å². The Kier molecular flexibility index (Phi) is 25.0. The van der Waals surface area contributed by atoms with Crippen LogP contribution in [-0.2, 0) is 9.59 Å². The second kappa shape index (κ2) is 18.3. The van der Waals surface area contributed by atoms with E-state index in [0.717, 1.165) is 12.8 Å². The van der Waals surface area contributed by atoms with Crippen LogP contribution >= 0.6 is 0 Å². The van der Waals surface area contributed by atoms with Gasteiger partial charge in [0.1, 0.15) is 16.3 Å². The number of hydrogen-bond acceptors (Lipinski definition) is 2. The number of carbonyl (C=O) groups is 2. The fourth-order valence-electron chi connectivity index (χ4n) is 0.428. The summed E-state index contributed by atoms with van der Waals surface area (Å²) in [5.74, 6) is 0.495. The van der Waals surface area contributed by atoms with Gasteiger partial charge < -0.3 is 10.2 Å². The molecule has 0 amide bonds. The molecule has 0 rings (SSSR count). The van der Waals surface area contributed by atoms with Crippen molar-refractivity contribution in [3.8, 4) is 0 Å². The minimum absolute atomic E-state index is 0.292. The number of aliphatic carboxylic acids is 2. The van der Waals surface area contributed by atoms with Gasteiger partial charge in [-0.3, -0.25) is 9.59 Å². The van der Waals surface area contributed by atoms with Crippen molar-refractivity contribution in [3.05, 3.63) is 0 Å². The summed E-state index contributed by atoms with van der Waals surface area (Å²) in [4.78, 5) is 19.2. The topological polar surface area (TPSA) is 74.6 Å². The zero-order valence-electron chi connectivity index (χ0n) is 9.12. The monoisotopic (exact) mass is 218 g/mol. The Labute approximate surface area is 93.7 Å². The molecule has 0 bridgehead atoms. The van der Waals surface area contributed by atoms with Gasteiger partial charge in [-0.2, -0.15) is 0 Å². The van der Waals surface area contributed by atoms with Crippen LogP contribution in [0.3, 0.4) is 0 Å². The van der Waals surface area contributed by atoms with Crippen molar-refractivity contribution in [1.82, 2.24) is 0 Å². The zero-order chi connectivity index (χ0) is 12.0. The van der Waals surface area contributed by atoms with Gasteiger partial charge in [0.2, 0.25) is 0 Å². The first kappa shape index (κ1) is 19.1. The van der Waals surface area contributed by atoms with Gasteiger partial charge in [0.15, 0.2) is 0 Å².